The molecular weight excluding hydrogens is 232 g/mol. The van der Waals surface area contributed by atoms with Crippen LogP contribution in [-0.4, -0.2) is 48.2 Å². The van der Waals surface area contributed by atoms with Gasteiger partial charge in [-0.15, -0.1) is 0 Å². The van der Waals surface area contributed by atoms with Crippen molar-refractivity contribution in [3.63, 3.8) is 0 Å². The standard InChI is InChI=1S/C12H22N4O2/c1-12(2,3)18-11(17)16-5-4-9-8(7-16)6-14-10(13)15-9/h8-9H,4-7H2,1-3H3,(H3,13,14,15). The zero-order valence-electron chi connectivity index (χ0n) is 11.3. The number of rotatable bonds is 0. The van der Waals surface area contributed by atoms with Crippen LogP contribution in [0.25, 0.3) is 0 Å². The van der Waals surface area contributed by atoms with E-state index in [1.807, 2.05) is 20.8 Å². The maximum atomic E-state index is 12.0. The number of aliphatic imine (C=N–C) groups is 1. The van der Waals surface area contributed by atoms with Crippen LogP contribution in [0.1, 0.15) is 27.2 Å². The number of nitrogens with one attached hydrogen (secondary N) is 1. The van der Waals surface area contributed by atoms with Gasteiger partial charge in [0.1, 0.15) is 5.60 Å². The van der Waals surface area contributed by atoms with Gasteiger partial charge in [0.15, 0.2) is 5.96 Å². The zero-order chi connectivity index (χ0) is 13.3. The summed E-state index contributed by atoms with van der Waals surface area (Å²) in [5, 5.41) is 3.17. The van der Waals surface area contributed by atoms with Crippen LogP contribution >= 0.6 is 0 Å². The van der Waals surface area contributed by atoms with E-state index < -0.39 is 5.60 Å². The number of fused-ring (bicyclic) bond motifs is 1. The molecule has 3 N–H and O–H groups in total. The third-order valence-electron chi connectivity index (χ3n) is 3.22. The fourth-order valence-electron chi connectivity index (χ4n) is 2.35. The van der Waals surface area contributed by atoms with E-state index in [9.17, 15) is 4.79 Å². The van der Waals surface area contributed by atoms with Crippen LogP contribution in [0.15, 0.2) is 4.99 Å². The number of amides is 1. The van der Waals surface area contributed by atoms with Gasteiger partial charge < -0.3 is 20.7 Å². The molecule has 6 nitrogen and oxygen atoms in total. The number of carbonyl (C=O) groups is 1. The predicted octanol–water partition coefficient (Wildman–Crippen LogP) is 0.530. The average molecular weight is 254 g/mol. The molecule has 18 heavy (non-hydrogen) atoms. The van der Waals surface area contributed by atoms with Crippen molar-refractivity contribution in [1.29, 1.82) is 0 Å². The van der Waals surface area contributed by atoms with Crippen molar-refractivity contribution in [2.75, 3.05) is 19.6 Å². The highest BCUT2D eigenvalue weighted by Gasteiger charge is 2.35. The van der Waals surface area contributed by atoms with E-state index >= 15 is 0 Å². The van der Waals surface area contributed by atoms with Gasteiger partial charge >= 0.3 is 6.09 Å². The molecule has 0 spiro atoms. The number of hydrogen-bond donors (Lipinski definition) is 2. The zero-order valence-corrected chi connectivity index (χ0v) is 11.3. The average Bonchev–Trinajstić information content (AvgIpc) is 2.26. The Kier molecular flexibility index (Phi) is 3.36. The quantitative estimate of drug-likeness (QED) is 0.661. The maximum Gasteiger partial charge on any atom is 0.410 e. The number of hydrogen-bond acceptors (Lipinski definition) is 5. The first-order chi connectivity index (χ1) is 8.35. The second-order valence-electron chi connectivity index (χ2n) is 5.95. The normalized spacial score (nSPS) is 27.9. The highest BCUT2D eigenvalue weighted by atomic mass is 16.6. The Morgan fingerprint density at radius 2 is 2.28 bits per heavy atom. The number of carbonyl (C=O) groups excluding carboxylic acids is 1. The lowest BCUT2D eigenvalue weighted by molar-refractivity contribution is 0.0142. The molecule has 0 aliphatic carbocycles. The fraction of sp³-hybridized carbons (Fsp3) is 0.833. The van der Waals surface area contributed by atoms with Crippen molar-refractivity contribution >= 4 is 12.1 Å². The molecule has 2 aliphatic heterocycles. The Labute approximate surface area is 108 Å². The van der Waals surface area contributed by atoms with Gasteiger partial charge in [0.2, 0.25) is 0 Å². The molecule has 1 saturated heterocycles. The minimum absolute atomic E-state index is 0.233. The van der Waals surface area contributed by atoms with Gasteiger partial charge in [0.05, 0.1) is 0 Å². The highest BCUT2D eigenvalue weighted by molar-refractivity contribution is 5.79. The number of nitrogens with zero attached hydrogens (tertiary/aromatic N) is 2. The van der Waals surface area contributed by atoms with Gasteiger partial charge in [-0.2, -0.15) is 0 Å². The monoisotopic (exact) mass is 254 g/mol. The minimum atomic E-state index is -0.443. The summed E-state index contributed by atoms with van der Waals surface area (Å²) >= 11 is 0. The van der Waals surface area contributed by atoms with E-state index in [4.69, 9.17) is 10.5 Å². The largest absolute Gasteiger partial charge is 0.444 e. The summed E-state index contributed by atoms with van der Waals surface area (Å²) in [5.41, 5.74) is 5.21. The van der Waals surface area contributed by atoms with Crippen LogP contribution in [0.2, 0.25) is 0 Å². The SMILES string of the molecule is CC(C)(C)OC(=O)N1CCC2NC(N)=NCC2C1. The molecule has 0 aromatic heterocycles. The third-order valence-corrected chi connectivity index (χ3v) is 3.22. The lowest BCUT2D eigenvalue weighted by Gasteiger charge is -2.40. The number of ether oxygens (including phenoxy) is 1. The first kappa shape index (κ1) is 13.0. The van der Waals surface area contributed by atoms with Crippen molar-refractivity contribution < 1.29 is 9.53 Å². The van der Waals surface area contributed by atoms with Crippen LogP contribution < -0.4 is 11.1 Å². The van der Waals surface area contributed by atoms with Crippen molar-refractivity contribution in [3.8, 4) is 0 Å². The third kappa shape index (κ3) is 3.05. The summed E-state index contributed by atoms with van der Waals surface area (Å²) in [5.74, 6) is 0.848. The second kappa shape index (κ2) is 4.66. The molecule has 2 unspecified atom stereocenters. The number of nitrogens with two attached hydrogens (primary N) is 1. The van der Waals surface area contributed by atoms with E-state index in [1.165, 1.54) is 0 Å². The van der Waals surface area contributed by atoms with Gasteiger partial charge in [0.25, 0.3) is 0 Å². The Bertz CT molecular complexity index is 362. The molecule has 102 valence electrons. The first-order valence-electron chi connectivity index (χ1n) is 6.39. The van der Waals surface area contributed by atoms with E-state index in [2.05, 4.69) is 10.3 Å². The van der Waals surface area contributed by atoms with E-state index in [1.54, 1.807) is 4.90 Å². The second-order valence-corrected chi connectivity index (χ2v) is 5.95. The van der Waals surface area contributed by atoms with Crippen molar-refractivity contribution in [2.24, 2.45) is 16.6 Å². The molecule has 0 aromatic rings. The molecule has 1 amide bonds. The molecular formula is C12H22N4O2. The smallest absolute Gasteiger partial charge is 0.410 e. The minimum Gasteiger partial charge on any atom is -0.444 e. The molecule has 0 radical (unpaired) electrons. The van der Waals surface area contributed by atoms with Crippen LogP contribution in [0.4, 0.5) is 4.79 Å². The maximum absolute atomic E-state index is 12.0. The Hall–Kier alpha value is -1.46. The summed E-state index contributed by atoms with van der Waals surface area (Å²) in [6, 6.07) is 0.334. The van der Waals surface area contributed by atoms with Crippen molar-refractivity contribution in [2.45, 2.75) is 38.8 Å². The van der Waals surface area contributed by atoms with Gasteiger partial charge in [0, 0.05) is 31.6 Å². The van der Waals surface area contributed by atoms with Gasteiger partial charge in [-0.05, 0) is 27.2 Å². The lowest BCUT2D eigenvalue weighted by Crippen LogP contribution is -2.57. The molecule has 0 bridgehead atoms. The Balaban J connectivity index is 1.93. The predicted molar refractivity (Wildman–Crippen MR) is 69.3 cm³/mol. The topological polar surface area (TPSA) is 80.0 Å². The lowest BCUT2D eigenvalue weighted by atomic mass is 9.91. The molecule has 2 rings (SSSR count). The molecule has 0 aromatic carbocycles. The molecule has 1 fully saturated rings. The van der Waals surface area contributed by atoms with E-state index in [-0.39, 0.29) is 6.09 Å². The molecule has 2 atom stereocenters. The fourth-order valence-corrected chi connectivity index (χ4v) is 2.35. The van der Waals surface area contributed by atoms with E-state index in [0.29, 0.717) is 37.6 Å². The number of guanidine groups is 1. The summed E-state index contributed by atoms with van der Waals surface area (Å²) < 4.78 is 5.38. The van der Waals surface area contributed by atoms with Gasteiger partial charge in [-0.1, -0.05) is 0 Å². The summed E-state index contributed by atoms with van der Waals surface area (Å²) in [6.07, 6.45) is 0.656. The molecule has 6 heteroatoms. The van der Waals surface area contributed by atoms with Gasteiger partial charge in [-0.25, -0.2) is 4.79 Å². The molecule has 0 saturated carbocycles. The summed E-state index contributed by atoms with van der Waals surface area (Å²) in [4.78, 5) is 17.9. The Morgan fingerprint density at radius 1 is 1.56 bits per heavy atom. The number of likely N-dealkylation sites (tertiary alicyclic amines) is 1. The van der Waals surface area contributed by atoms with E-state index in [0.717, 1.165) is 6.42 Å². The number of piperidine rings is 1. The summed E-state index contributed by atoms with van der Waals surface area (Å²) in [6.45, 7) is 7.71. The summed E-state index contributed by atoms with van der Waals surface area (Å²) in [7, 11) is 0. The molecule has 2 heterocycles. The van der Waals surface area contributed by atoms with Crippen molar-refractivity contribution in [3.05, 3.63) is 0 Å². The highest BCUT2D eigenvalue weighted by Crippen LogP contribution is 2.21. The Morgan fingerprint density at radius 3 is 2.94 bits per heavy atom. The van der Waals surface area contributed by atoms with Crippen LogP contribution in [0, 0.1) is 5.92 Å². The van der Waals surface area contributed by atoms with Crippen LogP contribution in [0.3, 0.4) is 0 Å². The van der Waals surface area contributed by atoms with Crippen LogP contribution in [0.5, 0.6) is 0 Å². The van der Waals surface area contributed by atoms with Gasteiger partial charge in [-0.3, -0.25) is 4.99 Å². The molecule has 2 aliphatic rings. The van der Waals surface area contributed by atoms with Crippen LogP contribution in [-0.2, 0) is 4.74 Å². The van der Waals surface area contributed by atoms with Crippen molar-refractivity contribution in [1.82, 2.24) is 10.2 Å². The first-order valence-corrected chi connectivity index (χ1v) is 6.39.